The molecule has 5 rings (SSSR count). The van der Waals surface area contributed by atoms with Crippen molar-refractivity contribution in [3.05, 3.63) is 120 Å². The standard InChI is InChI=1S/C31H30FN3O3/c1-22(2)35(31(37)24-10-6-11-25(32)19-24)21-29(36)34-18-17-33-16-8-15-28(33)30(34)23-9-7-14-27(20-23)38-26-12-4-3-5-13-26/h3-16,19-20,22,30H,17-18,21H2,1-2H3/t30-/m1/s1. The maximum absolute atomic E-state index is 13.8. The van der Waals surface area contributed by atoms with Gasteiger partial charge in [0, 0.05) is 36.6 Å². The van der Waals surface area contributed by atoms with Crippen LogP contribution < -0.4 is 4.74 Å². The number of ether oxygens (including phenoxy) is 1. The molecular weight excluding hydrogens is 481 g/mol. The largest absolute Gasteiger partial charge is 0.457 e. The maximum Gasteiger partial charge on any atom is 0.254 e. The van der Waals surface area contributed by atoms with Gasteiger partial charge in [-0.3, -0.25) is 9.59 Å². The molecule has 1 aliphatic heterocycles. The number of carbonyl (C=O) groups is 2. The number of hydrogen-bond donors (Lipinski definition) is 0. The average molecular weight is 512 g/mol. The van der Waals surface area contributed by atoms with Crippen LogP contribution >= 0.6 is 0 Å². The quantitative estimate of drug-likeness (QED) is 0.310. The molecule has 2 heterocycles. The Hall–Kier alpha value is -4.39. The molecule has 1 aromatic heterocycles. The van der Waals surface area contributed by atoms with Crippen molar-refractivity contribution in [2.75, 3.05) is 13.1 Å². The molecule has 1 atom stereocenters. The highest BCUT2D eigenvalue weighted by Gasteiger charge is 2.34. The molecule has 38 heavy (non-hydrogen) atoms. The van der Waals surface area contributed by atoms with E-state index in [9.17, 15) is 14.0 Å². The Balaban J connectivity index is 1.43. The van der Waals surface area contributed by atoms with Gasteiger partial charge >= 0.3 is 0 Å². The van der Waals surface area contributed by atoms with Gasteiger partial charge in [0.15, 0.2) is 0 Å². The molecule has 0 spiro atoms. The highest BCUT2D eigenvalue weighted by Crippen LogP contribution is 2.35. The molecule has 0 saturated carbocycles. The summed E-state index contributed by atoms with van der Waals surface area (Å²) in [6.45, 7) is 4.76. The Labute approximate surface area is 221 Å². The number of amides is 2. The van der Waals surface area contributed by atoms with E-state index in [1.807, 2.05) is 91.7 Å². The Morgan fingerprint density at radius 3 is 2.45 bits per heavy atom. The minimum absolute atomic E-state index is 0.107. The van der Waals surface area contributed by atoms with Crippen molar-refractivity contribution in [2.24, 2.45) is 0 Å². The van der Waals surface area contributed by atoms with Crippen LogP contribution in [0, 0.1) is 5.82 Å². The number of rotatable bonds is 7. The first-order chi connectivity index (χ1) is 18.4. The average Bonchev–Trinajstić information content (AvgIpc) is 3.40. The Morgan fingerprint density at radius 2 is 1.68 bits per heavy atom. The Morgan fingerprint density at radius 1 is 0.921 bits per heavy atom. The minimum atomic E-state index is -0.486. The van der Waals surface area contributed by atoms with Crippen molar-refractivity contribution in [1.82, 2.24) is 14.4 Å². The summed E-state index contributed by atoms with van der Waals surface area (Å²) in [4.78, 5) is 30.4. The molecule has 0 N–H and O–H groups in total. The Kier molecular flexibility index (Phi) is 7.26. The fourth-order valence-electron chi connectivity index (χ4n) is 4.89. The first kappa shape index (κ1) is 25.3. The molecule has 0 saturated heterocycles. The lowest BCUT2D eigenvalue weighted by atomic mass is 9.99. The van der Waals surface area contributed by atoms with Crippen molar-refractivity contribution < 1.29 is 18.7 Å². The van der Waals surface area contributed by atoms with Gasteiger partial charge in [0.25, 0.3) is 5.91 Å². The van der Waals surface area contributed by atoms with Crippen LogP contribution in [-0.4, -0.2) is 45.3 Å². The number of nitrogens with zero attached hydrogens (tertiary/aromatic N) is 3. The summed E-state index contributed by atoms with van der Waals surface area (Å²) in [5.74, 6) is 0.376. The van der Waals surface area contributed by atoms with E-state index in [0.717, 1.165) is 17.0 Å². The summed E-state index contributed by atoms with van der Waals surface area (Å²) in [6.07, 6.45) is 2.02. The van der Waals surface area contributed by atoms with Crippen LogP contribution in [0.4, 0.5) is 4.39 Å². The van der Waals surface area contributed by atoms with Gasteiger partial charge in [0.1, 0.15) is 23.9 Å². The summed E-state index contributed by atoms with van der Waals surface area (Å²) < 4.78 is 22.0. The number of benzene rings is 3. The van der Waals surface area contributed by atoms with E-state index in [1.54, 1.807) is 6.07 Å². The lowest BCUT2D eigenvalue weighted by Gasteiger charge is -2.39. The second-order valence-corrected chi connectivity index (χ2v) is 9.64. The SMILES string of the molecule is CC(C)N(CC(=O)N1CCn2cccc2[C@H]1c1cccc(Oc2ccccc2)c1)C(=O)c1cccc(F)c1. The van der Waals surface area contributed by atoms with Crippen molar-refractivity contribution in [3.63, 3.8) is 0 Å². The van der Waals surface area contributed by atoms with Gasteiger partial charge in [-0.25, -0.2) is 4.39 Å². The zero-order valence-corrected chi connectivity index (χ0v) is 21.5. The lowest BCUT2D eigenvalue weighted by molar-refractivity contribution is -0.135. The van der Waals surface area contributed by atoms with E-state index < -0.39 is 5.82 Å². The predicted octanol–water partition coefficient (Wildman–Crippen LogP) is 5.90. The summed E-state index contributed by atoms with van der Waals surface area (Å²) >= 11 is 0. The molecule has 0 unspecified atom stereocenters. The number of carbonyl (C=O) groups excluding carboxylic acids is 2. The number of halogens is 1. The molecule has 2 amide bonds. The van der Waals surface area contributed by atoms with Gasteiger partial charge in [-0.15, -0.1) is 0 Å². The molecule has 0 bridgehead atoms. The zero-order chi connectivity index (χ0) is 26.6. The molecule has 0 radical (unpaired) electrons. The van der Waals surface area contributed by atoms with Crippen molar-refractivity contribution >= 4 is 11.8 Å². The second-order valence-electron chi connectivity index (χ2n) is 9.64. The van der Waals surface area contributed by atoms with Crippen LogP contribution in [0.3, 0.4) is 0 Å². The molecule has 0 aliphatic carbocycles. The molecule has 6 nitrogen and oxygen atoms in total. The lowest BCUT2D eigenvalue weighted by Crippen LogP contribution is -2.49. The van der Waals surface area contributed by atoms with Crippen molar-refractivity contribution in [2.45, 2.75) is 32.5 Å². The summed E-state index contributed by atoms with van der Waals surface area (Å²) in [5.41, 5.74) is 2.13. The number of para-hydroxylation sites is 1. The zero-order valence-electron chi connectivity index (χ0n) is 21.5. The van der Waals surface area contributed by atoms with Gasteiger partial charge < -0.3 is 19.1 Å². The highest BCUT2D eigenvalue weighted by atomic mass is 19.1. The highest BCUT2D eigenvalue weighted by molar-refractivity contribution is 5.96. The topological polar surface area (TPSA) is 54.8 Å². The third-order valence-electron chi connectivity index (χ3n) is 6.77. The summed E-state index contributed by atoms with van der Waals surface area (Å²) in [7, 11) is 0. The normalized spacial score (nSPS) is 14.7. The molecule has 0 fully saturated rings. The number of hydrogen-bond acceptors (Lipinski definition) is 3. The van der Waals surface area contributed by atoms with Crippen LogP contribution in [0.1, 0.15) is 41.5 Å². The third kappa shape index (κ3) is 5.32. The van der Waals surface area contributed by atoms with Crippen LogP contribution in [0.15, 0.2) is 97.2 Å². The molecule has 4 aromatic rings. The van der Waals surface area contributed by atoms with Gasteiger partial charge in [-0.1, -0.05) is 36.4 Å². The first-order valence-electron chi connectivity index (χ1n) is 12.7. The predicted molar refractivity (Wildman–Crippen MR) is 144 cm³/mol. The van der Waals surface area contributed by atoms with E-state index in [1.165, 1.54) is 23.1 Å². The van der Waals surface area contributed by atoms with E-state index in [0.29, 0.717) is 18.8 Å². The fraction of sp³-hybridized carbons (Fsp3) is 0.226. The minimum Gasteiger partial charge on any atom is -0.457 e. The molecular formula is C31H30FN3O3. The summed E-state index contributed by atoms with van der Waals surface area (Å²) in [5, 5.41) is 0. The maximum atomic E-state index is 13.8. The molecule has 1 aliphatic rings. The van der Waals surface area contributed by atoms with E-state index in [4.69, 9.17) is 4.74 Å². The number of fused-ring (bicyclic) bond motifs is 1. The van der Waals surface area contributed by atoms with Crippen LogP contribution in [-0.2, 0) is 11.3 Å². The van der Waals surface area contributed by atoms with Gasteiger partial charge in [-0.2, -0.15) is 0 Å². The second kappa shape index (κ2) is 10.9. The van der Waals surface area contributed by atoms with Crippen LogP contribution in [0.5, 0.6) is 11.5 Å². The van der Waals surface area contributed by atoms with E-state index in [-0.39, 0.29) is 36.0 Å². The smallest absolute Gasteiger partial charge is 0.254 e. The molecule has 3 aromatic carbocycles. The fourth-order valence-corrected chi connectivity index (χ4v) is 4.89. The first-order valence-corrected chi connectivity index (χ1v) is 12.7. The van der Waals surface area contributed by atoms with Crippen LogP contribution in [0.2, 0.25) is 0 Å². The Bertz CT molecular complexity index is 1430. The van der Waals surface area contributed by atoms with Gasteiger partial charge in [0.05, 0.1) is 6.04 Å². The monoisotopic (exact) mass is 511 g/mol. The van der Waals surface area contributed by atoms with Crippen molar-refractivity contribution in [3.8, 4) is 11.5 Å². The van der Waals surface area contributed by atoms with Gasteiger partial charge in [0.2, 0.25) is 5.91 Å². The molecule has 194 valence electrons. The summed E-state index contributed by atoms with van der Waals surface area (Å²) in [6, 6.07) is 26.3. The van der Waals surface area contributed by atoms with Crippen LogP contribution in [0.25, 0.3) is 0 Å². The molecule has 7 heteroatoms. The third-order valence-corrected chi connectivity index (χ3v) is 6.77. The van der Waals surface area contributed by atoms with E-state index >= 15 is 0 Å². The van der Waals surface area contributed by atoms with Crippen molar-refractivity contribution in [1.29, 1.82) is 0 Å². The van der Waals surface area contributed by atoms with E-state index in [2.05, 4.69) is 4.57 Å². The van der Waals surface area contributed by atoms with Gasteiger partial charge in [-0.05, 0) is 74.0 Å². The number of aromatic nitrogens is 1.